The molecule has 1 unspecified atom stereocenters. The van der Waals surface area contributed by atoms with Crippen LogP contribution in [0.1, 0.15) is 20.3 Å². The summed E-state index contributed by atoms with van der Waals surface area (Å²) in [4.78, 5) is 21.8. The maximum Gasteiger partial charge on any atom is 0.269 e. The van der Waals surface area contributed by atoms with Crippen LogP contribution in [0, 0.1) is 16.0 Å². The Bertz CT molecular complexity index is 474. The quantitative estimate of drug-likeness (QED) is 0.557. The fraction of sp³-hybridized carbons (Fsp3) is 0.500. The Hall–Kier alpha value is -2.15. The Morgan fingerprint density at radius 1 is 1.38 bits per heavy atom. The molecule has 0 saturated carbocycles. The molecule has 3 N–H and O–H groups in total. The Morgan fingerprint density at radius 2 is 2.00 bits per heavy atom. The Labute approximate surface area is 123 Å². The Balaban J connectivity index is 2.43. The summed E-state index contributed by atoms with van der Waals surface area (Å²) in [5.74, 6) is 0.586. The van der Waals surface area contributed by atoms with Crippen LogP contribution in [0.3, 0.4) is 0 Å². The number of carbonyl (C=O) groups is 1. The number of non-ortho nitro benzene ring substituents is 1. The third-order valence-electron chi connectivity index (χ3n) is 2.82. The molecular formula is C14H21N3O4. The van der Waals surface area contributed by atoms with Gasteiger partial charge in [-0.05, 0) is 24.5 Å². The zero-order valence-corrected chi connectivity index (χ0v) is 12.2. The minimum atomic E-state index is -0.492. The van der Waals surface area contributed by atoms with Crippen molar-refractivity contribution in [1.82, 2.24) is 5.32 Å². The van der Waals surface area contributed by atoms with Gasteiger partial charge in [-0.2, -0.15) is 0 Å². The van der Waals surface area contributed by atoms with Crippen LogP contribution < -0.4 is 15.8 Å². The van der Waals surface area contributed by atoms with Crippen LogP contribution in [0.4, 0.5) is 5.69 Å². The van der Waals surface area contributed by atoms with E-state index in [1.807, 2.05) is 0 Å². The van der Waals surface area contributed by atoms with Crippen LogP contribution >= 0.6 is 0 Å². The van der Waals surface area contributed by atoms with E-state index in [0.717, 1.165) is 6.42 Å². The SMILES string of the molecule is CC(C)CC(CN)NC(=O)COc1ccc([N+](=O)[O-])cc1. The van der Waals surface area contributed by atoms with E-state index in [0.29, 0.717) is 18.2 Å². The van der Waals surface area contributed by atoms with Crippen molar-refractivity contribution < 1.29 is 14.5 Å². The molecule has 0 aliphatic rings. The average Bonchev–Trinajstić information content (AvgIpc) is 2.44. The minimum Gasteiger partial charge on any atom is -0.484 e. The molecule has 21 heavy (non-hydrogen) atoms. The molecule has 116 valence electrons. The van der Waals surface area contributed by atoms with Gasteiger partial charge in [0.15, 0.2) is 6.61 Å². The maximum absolute atomic E-state index is 11.7. The standard InChI is InChI=1S/C14H21N3O4/c1-10(2)7-11(8-15)16-14(18)9-21-13-5-3-12(4-6-13)17(19)20/h3-6,10-11H,7-9,15H2,1-2H3,(H,16,18). The third-order valence-corrected chi connectivity index (χ3v) is 2.82. The van der Waals surface area contributed by atoms with E-state index < -0.39 is 4.92 Å². The zero-order valence-electron chi connectivity index (χ0n) is 12.2. The molecule has 0 spiro atoms. The van der Waals surface area contributed by atoms with Gasteiger partial charge in [0.1, 0.15) is 5.75 Å². The summed E-state index contributed by atoms with van der Waals surface area (Å²) in [5.41, 5.74) is 5.58. The Kier molecular flexibility index (Phi) is 6.61. The van der Waals surface area contributed by atoms with Crippen molar-refractivity contribution in [2.45, 2.75) is 26.3 Å². The first-order chi connectivity index (χ1) is 9.92. The maximum atomic E-state index is 11.7. The van der Waals surface area contributed by atoms with Gasteiger partial charge in [-0.25, -0.2) is 0 Å². The second kappa shape index (κ2) is 8.21. The first-order valence-electron chi connectivity index (χ1n) is 6.79. The molecule has 1 amide bonds. The highest BCUT2D eigenvalue weighted by atomic mass is 16.6. The van der Waals surface area contributed by atoms with Crippen LogP contribution in [0.25, 0.3) is 0 Å². The number of nitrogens with zero attached hydrogens (tertiary/aromatic N) is 1. The van der Waals surface area contributed by atoms with Crippen molar-refractivity contribution in [3.05, 3.63) is 34.4 Å². The van der Waals surface area contributed by atoms with Gasteiger partial charge in [-0.15, -0.1) is 0 Å². The number of hydrogen-bond acceptors (Lipinski definition) is 5. The van der Waals surface area contributed by atoms with Crippen LogP contribution in [0.15, 0.2) is 24.3 Å². The van der Waals surface area contributed by atoms with E-state index in [9.17, 15) is 14.9 Å². The monoisotopic (exact) mass is 295 g/mol. The molecule has 0 saturated heterocycles. The van der Waals surface area contributed by atoms with E-state index in [4.69, 9.17) is 10.5 Å². The minimum absolute atomic E-state index is 0.0214. The molecule has 0 bridgehead atoms. The fourth-order valence-electron chi connectivity index (χ4n) is 1.87. The summed E-state index contributed by atoms with van der Waals surface area (Å²) in [6, 6.07) is 5.50. The van der Waals surface area contributed by atoms with Crippen molar-refractivity contribution in [3.8, 4) is 5.75 Å². The smallest absolute Gasteiger partial charge is 0.269 e. The molecular weight excluding hydrogens is 274 g/mol. The number of amides is 1. The third kappa shape index (κ3) is 6.22. The summed E-state index contributed by atoms with van der Waals surface area (Å²) >= 11 is 0. The van der Waals surface area contributed by atoms with Crippen molar-refractivity contribution >= 4 is 11.6 Å². The van der Waals surface area contributed by atoms with Crippen LogP contribution in [0.5, 0.6) is 5.75 Å². The second-order valence-corrected chi connectivity index (χ2v) is 5.17. The van der Waals surface area contributed by atoms with Crippen LogP contribution in [-0.4, -0.2) is 30.0 Å². The lowest BCUT2D eigenvalue weighted by Crippen LogP contribution is -2.43. The second-order valence-electron chi connectivity index (χ2n) is 5.17. The first-order valence-corrected chi connectivity index (χ1v) is 6.79. The number of nitro benzene ring substituents is 1. The predicted octanol–water partition coefficient (Wildman–Crippen LogP) is 1.46. The highest BCUT2D eigenvalue weighted by Crippen LogP contribution is 2.17. The summed E-state index contributed by atoms with van der Waals surface area (Å²) in [6.07, 6.45) is 0.805. The fourth-order valence-corrected chi connectivity index (χ4v) is 1.87. The van der Waals surface area contributed by atoms with Crippen molar-refractivity contribution in [2.24, 2.45) is 11.7 Å². The average molecular weight is 295 g/mol. The van der Waals surface area contributed by atoms with Crippen molar-refractivity contribution in [1.29, 1.82) is 0 Å². The summed E-state index contributed by atoms with van der Waals surface area (Å²) in [5, 5.41) is 13.3. The lowest BCUT2D eigenvalue weighted by atomic mass is 10.0. The molecule has 1 atom stereocenters. The van der Waals surface area contributed by atoms with Crippen LogP contribution in [0.2, 0.25) is 0 Å². The topological polar surface area (TPSA) is 107 Å². The molecule has 1 aromatic carbocycles. The van der Waals surface area contributed by atoms with E-state index in [2.05, 4.69) is 19.2 Å². The Morgan fingerprint density at radius 3 is 2.48 bits per heavy atom. The lowest BCUT2D eigenvalue weighted by molar-refractivity contribution is -0.384. The van der Waals surface area contributed by atoms with Crippen molar-refractivity contribution in [2.75, 3.05) is 13.2 Å². The normalized spacial score (nSPS) is 12.0. The molecule has 0 radical (unpaired) electrons. The molecule has 0 fully saturated rings. The predicted molar refractivity (Wildman–Crippen MR) is 79.0 cm³/mol. The molecule has 7 heteroatoms. The molecule has 7 nitrogen and oxygen atoms in total. The highest BCUT2D eigenvalue weighted by molar-refractivity contribution is 5.77. The van der Waals surface area contributed by atoms with Gasteiger partial charge >= 0.3 is 0 Å². The molecule has 1 aromatic rings. The van der Waals surface area contributed by atoms with Gasteiger partial charge in [0.25, 0.3) is 11.6 Å². The van der Waals surface area contributed by atoms with Gasteiger partial charge in [0.2, 0.25) is 0 Å². The first kappa shape index (κ1) is 16.9. The largest absolute Gasteiger partial charge is 0.484 e. The highest BCUT2D eigenvalue weighted by Gasteiger charge is 2.13. The van der Waals surface area contributed by atoms with Gasteiger partial charge < -0.3 is 15.8 Å². The lowest BCUT2D eigenvalue weighted by Gasteiger charge is -2.18. The van der Waals surface area contributed by atoms with Gasteiger partial charge in [-0.3, -0.25) is 14.9 Å². The van der Waals surface area contributed by atoms with Crippen LogP contribution in [-0.2, 0) is 4.79 Å². The molecule has 0 aromatic heterocycles. The van der Waals surface area contributed by atoms with E-state index in [-0.39, 0.29) is 24.2 Å². The molecule has 1 rings (SSSR count). The number of nitrogens with one attached hydrogen (secondary N) is 1. The summed E-state index contributed by atoms with van der Waals surface area (Å²) in [6.45, 7) is 4.35. The zero-order chi connectivity index (χ0) is 15.8. The van der Waals surface area contributed by atoms with Crippen molar-refractivity contribution in [3.63, 3.8) is 0 Å². The number of nitrogens with two attached hydrogens (primary N) is 1. The van der Waals surface area contributed by atoms with Gasteiger partial charge in [0.05, 0.1) is 4.92 Å². The number of benzene rings is 1. The number of nitro groups is 1. The summed E-state index contributed by atoms with van der Waals surface area (Å²) in [7, 11) is 0. The number of rotatable bonds is 8. The number of carbonyl (C=O) groups excluding carboxylic acids is 1. The molecule has 0 heterocycles. The van der Waals surface area contributed by atoms with E-state index >= 15 is 0 Å². The molecule has 0 aliphatic heterocycles. The van der Waals surface area contributed by atoms with E-state index in [1.54, 1.807) is 0 Å². The molecule has 0 aliphatic carbocycles. The van der Waals surface area contributed by atoms with E-state index in [1.165, 1.54) is 24.3 Å². The van der Waals surface area contributed by atoms with Gasteiger partial charge in [0, 0.05) is 24.7 Å². The number of ether oxygens (including phenoxy) is 1. The van der Waals surface area contributed by atoms with Gasteiger partial charge in [-0.1, -0.05) is 13.8 Å². The number of hydrogen-bond donors (Lipinski definition) is 2. The summed E-state index contributed by atoms with van der Waals surface area (Å²) < 4.78 is 5.28.